The fourth-order valence-corrected chi connectivity index (χ4v) is 5.08. The second-order valence-corrected chi connectivity index (χ2v) is 9.43. The quantitative estimate of drug-likeness (QED) is 0.448. The van der Waals surface area contributed by atoms with E-state index in [1.807, 2.05) is 54.0 Å². The first-order valence-corrected chi connectivity index (χ1v) is 12.3. The SMILES string of the molecule is C[C@@H](C(=O)NCCN1CCN(c2cccc(Cl)c2)CC1)n1c2ccccc2c2cnn(C)c(=O)c21. The van der Waals surface area contributed by atoms with Gasteiger partial charge in [0, 0.05) is 67.8 Å². The Balaban J connectivity index is 1.24. The van der Waals surface area contributed by atoms with E-state index >= 15 is 0 Å². The second-order valence-electron chi connectivity index (χ2n) is 9.00. The van der Waals surface area contributed by atoms with Crippen LogP contribution in [0.15, 0.2) is 59.5 Å². The molecule has 182 valence electrons. The second kappa shape index (κ2) is 9.71. The van der Waals surface area contributed by atoms with E-state index in [2.05, 4.69) is 26.3 Å². The fourth-order valence-electron chi connectivity index (χ4n) is 4.90. The molecule has 1 amide bonds. The molecule has 2 aromatic heterocycles. The minimum Gasteiger partial charge on any atom is -0.369 e. The molecule has 4 aromatic rings. The lowest BCUT2D eigenvalue weighted by molar-refractivity contribution is -0.123. The van der Waals surface area contributed by atoms with E-state index < -0.39 is 6.04 Å². The van der Waals surface area contributed by atoms with E-state index in [1.54, 1.807) is 13.2 Å². The Kier molecular flexibility index (Phi) is 6.49. The van der Waals surface area contributed by atoms with Gasteiger partial charge in [-0.15, -0.1) is 0 Å². The van der Waals surface area contributed by atoms with Crippen LogP contribution in [-0.4, -0.2) is 64.4 Å². The summed E-state index contributed by atoms with van der Waals surface area (Å²) in [6.45, 7) is 6.86. The number of aryl methyl sites for hydroxylation is 1. The van der Waals surface area contributed by atoms with E-state index in [1.165, 1.54) is 4.68 Å². The van der Waals surface area contributed by atoms with Crippen molar-refractivity contribution in [3.8, 4) is 0 Å². The Hall–Kier alpha value is -3.36. The molecule has 1 aliphatic rings. The highest BCUT2D eigenvalue weighted by atomic mass is 35.5. The Bertz CT molecular complexity index is 1440. The van der Waals surface area contributed by atoms with Crippen LogP contribution in [0.25, 0.3) is 21.8 Å². The largest absolute Gasteiger partial charge is 0.369 e. The van der Waals surface area contributed by atoms with Gasteiger partial charge < -0.3 is 14.8 Å². The fraction of sp³-hybridized carbons (Fsp3) is 0.346. The monoisotopic (exact) mass is 492 g/mol. The van der Waals surface area contributed by atoms with Crippen LogP contribution >= 0.6 is 11.6 Å². The molecule has 0 saturated carbocycles. The predicted molar refractivity (Wildman–Crippen MR) is 140 cm³/mol. The number of nitrogens with one attached hydrogen (secondary N) is 1. The molecule has 35 heavy (non-hydrogen) atoms. The molecule has 0 spiro atoms. The summed E-state index contributed by atoms with van der Waals surface area (Å²) in [7, 11) is 1.63. The number of rotatable bonds is 6. The molecule has 3 heterocycles. The number of benzene rings is 2. The van der Waals surface area contributed by atoms with Gasteiger partial charge in [-0.05, 0) is 31.2 Å². The zero-order valence-corrected chi connectivity index (χ0v) is 20.7. The van der Waals surface area contributed by atoms with Gasteiger partial charge in [0.1, 0.15) is 11.6 Å². The van der Waals surface area contributed by atoms with E-state index in [9.17, 15) is 9.59 Å². The van der Waals surface area contributed by atoms with Crippen molar-refractivity contribution < 1.29 is 4.79 Å². The number of piperazine rings is 1. The summed E-state index contributed by atoms with van der Waals surface area (Å²) >= 11 is 6.13. The lowest BCUT2D eigenvalue weighted by atomic mass is 10.2. The Morgan fingerprint density at radius 1 is 1.09 bits per heavy atom. The number of fused-ring (bicyclic) bond motifs is 3. The third kappa shape index (κ3) is 4.51. The number of hydrogen-bond acceptors (Lipinski definition) is 5. The molecule has 0 radical (unpaired) electrons. The molecular weight excluding hydrogens is 464 g/mol. The number of anilines is 1. The first kappa shape index (κ1) is 23.4. The summed E-state index contributed by atoms with van der Waals surface area (Å²) in [5, 5.41) is 9.69. The molecule has 1 saturated heterocycles. The van der Waals surface area contributed by atoms with Crippen LogP contribution in [0, 0.1) is 0 Å². The lowest BCUT2D eigenvalue weighted by Crippen LogP contribution is -2.48. The minimum absolute atomic E-state index is 0.107. The molecule has 1 N–H and O–H groups in total. The molecule has 0 aliphatic carbocycles. The highest BCUT2D eigenvalue weighted by Crippen LogP contribution is 2.29. The van der Waals surface area contributed by atoms with Crippen LogP contribution in [0.3, 0.4) is 0 Å². The average Bonchev–Trinajstić information content (AvgIpc) is 3.21. The maximum atomic E-state index is 13.1. The number of amides is 1. The summed E-state index contributed by atoms with van der Waals surface area (Å²) in [4.78, 5) is 30.8. The molecule has 1 fully saturated rings. The summed E-state index contributed by atoms with van der Waals surface area (Å²) in [6.07, 6.45) is 1.70. The number of carbonyl (C=O) groups is 1. The van der Waals surface area contributed by atoms with Crippen LogP contribution < -0.4 is 15.8 Å². The van der Waals surface area contributed by atoms with Crippen LogP contribution in [0.5, 0.6) is 0 Å². The first-order valence-electron chi connectivity index (χ1n) is 11.9. The van der Waals surface area contributed by atoms with Gasteiger partial charge in [-0.2, -0.15) is 5.10 Å². The molecule has 1 atom stereocenters. The van der Waals surface area contributed by atoms with Crippen LogP contribution in [-0.2, 0) is 11.8 Å². The van der Waals surface area contributed by atoms with Gasteiger partial charge in [0.05, 0.1) is 11.7 Å². The minimum atomic E-state index is -0.535. The van der Waals surface area contributed by atoms with Gasteiger partial charge in [-0.3, -0.25) is 14.5 Å². The maximum Gasteiger partial charge on any atom is 0.291 e. The number of nitrogens with zero attached hydrogens (tertiary/aromatic N) is 5. The Morgan fingerprint density at radius 3 is 2.63 bits per heavy atom. The molecule has 9 heteroatoms. The molecule has 8 nitrogen and oxygen atoms in total. The van der Waals surface area contributed by atoms with Crippen molar-refractivity contribution in [3.63, 3.8) is 0 Å². The Labute approximate surface area is 208 Å². The summed E-state index contributed by atoms with van der Waals surface area (Å²) in [6, 6.07) is 15.2. The summed E-state index contributed by atoms with van der Waals surface area (Å²) < 4.78 is 3.15. The molecule has 0 bridgehead atoms. The van der Waals surface area contributed by atoms with Crippen molar-refractivity contribution in [2.75, 3.05) is 44.2 Å². The van der Waals surface area contributed by atoms with Crippen LogP contribution in [0.2, 0.25) is 5.02 Å². The lowest BCUT2D eigenvalue weighted by Gasteiger charge is -2.36. The smallest absolute Gasteiger partial charge is 0.291 e. The first-order chi connectivity index (χ1) is 16.9. The van der Waals surface area contributed by atoms with E-state index in [4.69, 9.17) is 11.6 Å². The third-order valence-electron chi connectivity index (χ3n) is 6.85. The van der Waals surface area contributed by atoms with Crippen molar-refractivity contribution in [1.29, 1.82) is 0 Å². The van der Waals surface area contributed by atoms with Crippen LogP contribution in [0.1, 0.15) is 13.0 Å². The van der Waals surface area contributed by atoms with Gasteiger partial charge in [-0.1, -0.05) is 35.9 Å². The van der Waals surface area contributed by atoms with E-state index in [0.717, 1.165) is 59.7 Å². The Morgan fingerprint density at radius 2 is 1.86 bits per heavy atom. The number of para-hydroxylation sites is 1. The van der Waals surface area contributed by atoms with Crippen molar-refractivity contribution in [1.82, 2.24) is 24.6 Å². The number of halogens is 1. The van der Waals surface area contributed by atoms with Gasteiger partial charge in [0.15, 0.2) is 0 Å². The van der Waals surface area contributed by atoms with Crippen LogP contribution in [0.4, 0.5) is 5.69 Å². The molecule has 1 aliphatic heterocycles. The molecular formula is C26H29ClN6O2. The number of hydrogen-bond donors (Lipinski definition) is 1. The molecule has 5 rings (SSSR count). The van der Waals surface area contributed by atoms with Gasteiger partial charge >= 0.3 is 0 Å². The van der Waals surface area contributed by atoms with Crippen molar-refractivity contribution >= 4 is 45.0 Å². The normalized spacial score (nSPS) is 15.6. The predicted octanol–water partition coefficient (Wildman–Crippen LogP) is 3.04. The van der Waals surface area contributed by atoms with Gasteiger partial charge in [0.25, 0.3) is 5.56 Å². The highest BCUT2D eigenvalue weighted by Gasteiger charge is 2.23. The standard InChI is InChI=1S/C26H29ClN6O2/c1-18(33-23-9-4-3-8-21(23)22-17-29-30(2)26(35)24(22)33)25(34)28-10-11-31-12-14-32(15-13-31)20-7-5-6-19(27)16-20/h3-9,16-18H,10-15H2,1-2H3,(H,28,34)/t18-/m0/s1. The maximum absolute atomic E-state index is 13.1. The van der Waals surface area contributed by atoms with Gasteiger partial charge in [0.2, 0.25) is 5.91 Å². The highest BCUT2D eigenvalue weighted by molar-refractivity contribution is 6.30. The number of carbonyl (C=O) groups excluding carboxylic acids is 1. The zero-order valence-electron chi connectivity index (χ0n) is 19.9. The number of aromatic nitrogens is 3. The molecule has 2 aromatic carbocycles. The third-order valence-corrected chi connectivity index (χ3v) is 7.08. The average molecular weight is 493 g/mol. The van der Waals surface area contributed by atoms with Crippen molar-refractivity contribution in [3.05, 3.63) is 70.1 Å². The topological polar surface area (TPSA) is 75.4 Å². The molecule has 0 unspecified atom stereocenters. The summed E-state index contributed by atoms with van der Waals surface area (Å²) in [5.41, 5.74) is 2.29. The summed E-state index contributed by atoms with van der Waals surface area (Å²) in [5.74, 6) is -0.107. The van der Waals surface area contributed by atoms with Crippen molar-refractivity contribution in [2.45, 2.75) is 13.0 Å². The van der Waals surface area contributed by atoms with E-state index in [-0.39, 0.29) is 11.5 Å². The van der Waals surface area contributed by atoms with E-state index in [0.29, 0.717) is 12.1 Å². The zero-order chi connectivity index (χ0) is 24.5. The van der Waals surface area contributed by atoms with Gasteiger partial charge in [-0.25, -0.2) is 4.68 Å². The van der Waals surface area contributed by atoms with Crippen molar-refractivity contribution in [2.24, 2.45) is 7.05 Å².